The van der Waals surface area contributed by atoms with Crippen molar-refractivity contribution in [2.24, 2.45) is 18.9 Å². The molecular formula is C31H34F3N7O. The van der Waals surface area contributed by atoms with E-state index in [-0.39, 0.29) is 36.1 Å². The summed E-state index contributed by atoms with van der Waals surface area (Å²) in [5.41, 5.74) is 1.76. The van der Waals surface area contributed by atoms with Crippen molar-refractivity contribution in [2.75, 3.05) is 18.4 Å². The van der Waals surface area contributed by atoms with Gasteiger partial charge in [-0.2, -0.15) is 14.0 Å². The SMILES string of the molecule is C[C@@H]1CN(Cc2cc(C(=O)Nc3cccc(C4(c5nncn5C)CC(CC#N)C4)c3)nc3c2CCC3(F)F)CC[C@@H]1F. The fourth-order valence-corrected chi connectivity index (χ4v) is 7.00. The van der Waals surface area contributed by atoms with E-state index in [4.69, 9.17) is 0 Å². The maximum Gasteiger partial charge on any atom is 0.290 e. The average Bonchev–Trinajstić information content (AvgIpc) is 3.50. The van der Waals surface area contributed by atoms with Crippen molar-refractivity contribution in [3.8, 4) is 6.07 Å². The van der Waals surface area contributed by atoms with Gasteiger partial charge in [-0.1, -0.05) is 19.1 Å². The maximum absolute atomic E-state index is 14.9. The Morgan fingerprint density at radius 1 is 1.26 bits per heavy atom. The van der Waals surface area contributed by atoms with E-state index in [0.29, 0.717) is 49.3 Å². The number of pyridine rings is 1. The Labute approximate surface area is 243 Å². The Balaban J connectivity index is 1.28. The maximum atomic E-state index is 14.9. The number of anilines is 1. The van der Waals surface area contributed by atoms with Gasteiger partial charge in [0.2, 0.25) is 0 Å². The number of nitriles is 1. The molecule has 1 saturated carbocycles. The molecule has 220 valence electrons. The molecule has 2 fully saturated rings. The molecule has 0 unspecified atom stereocenters. The van der Waals surface area contributed by atoms with Gasteiger partial charge in [0.1, 0.15) is 29.7 Å². The highest BCUT2D eigenvalue weighted by molar-refractivity contribution is 6.03. The van der Waals surface area contributed by atoms with E-state index in [1.807, 2.05) is 36.7 Å². The van der Waals surface area contributed by atoms with Crippen LogP contribution in [0, 0.1) is 23.2 Å². The topological polar surface area (TPSA) is 99.7 Å². The van der Waals surface area contributed by atoms with Crippen molar-refractivity contribution in [2.45, 2.75) is 69.5 Å². The molecule has 0 radical (unpaired) electrons. The Morgan fingerprint density at radius 3 is 2.79 bits per heavy atom. The van der Waals surface area contributed by atoms with Crippen LogP contribution >= 0.6 is 0 Å². The molecule has 42 heavy (non-hydrogen) atoms. The van der Waals surface area contributed by atoms with Gasteiger partial charge in [0.05, 0.1) is 11.5 Å². The van der Waals surface area contributed by atoms with Gasteiger partial charge in [-0.15, -0.1) is 10.2 Å². The number of benzene rings is 1. The summed E-state index contributed by atoms with van der Waals surface area (Å²) in [6, 6.07) is 11.3. The molecule has 1 saturated heterocycles. The van der Waals surface area contributed by atoms with Crippen LogP contribution in [0.5, 0.6) is 0 Å². The molecule has 3 aliphatic rings. The summed E-state index contributed by atoms with van der Waals surface area (Å²) in [5, 5.41) is 20.5. The molecule has 0 bridgehead atoms. The lowest BCUT2D eigenvalue weighted by atomic mass is 9.57. The first-order chi connectivity index (χ1) is 20.1. The van der Waals surface area contributed by atoms with Gasteiger partial charge in [-0.25, -0.2) is 9.37 Å². The average molecular weight is 578 g/mol. The largest absolute Gasteiger partial charge is 0.321 e. The quantitative estimate of drug-likeness (QED) is 0.410. The number of aromatic nitrogens is 4. The van der Waals surface area contributed by atoms with Gasteiger partial charge >= 0.3 is 0 Å². The number of likely N-dealkylation sites (tertiary alicyclic amines) is 1. The number of aryl methyl sites for hydroxylation is 1. The van der Waals surface area contributed by atoms with Gasteiger partial charge in [0, 0.05) is 51.1 Å². The number of hydrogen-bond donors (Lipinski definition) is 1. The highest BCUT2D eigenvalue weighted by Gasteiger charge is 2.50. The summed E-state index contributed by atoms with van der Waals surface area (Å²) in [7, 11) is 1.88. The summed E-state index contributed by atoms with van der Waals surface area (Å²) in [4.78, 5) is 19.7. The molecule has 1 aliphatic heterocycles. The second-order valence-corrected chi connectivity index (χ2v) is 12.2. The van der Waals surface area contributed by atoms with E-state index >= 15 is 0 Å². The van der Waals surface area contributed by atoms with Crippen LogP contribution in [0.4, 0.5) is 18.9 Å². The van der Waals surface area contributed by atoms with E-state index in [9.17, 15) is 23.2 Å². The molecule has 2 atom stereocenters. The number of amides is 1. The zero-order chi connectivity index (χ0) is 29.6. The summed E-state index contributed by atoms with van der Waals surface area (Å²) < 4.78 is 45.7. The molecule has 1 aromatic carbocycles. The molecule has 8 nitrogen and oxygen atoms in total. The van der Waals surface area contributed by atoms with Crippen molar-refractivity contribution < 1.29 is 18.0 Å². The zero-order valence-corrected chi connectivity index (χ0v) is 23.8. The predicted octanol–water partition coefficient (Wildman–Crippen LogP) is 5.29. The standard InChI is InChI=1S/C31H34F3N7O/c1-19-16-41(11-8-25(19)32)17-21-12-26(38-27-24(21)6-9-31(27,33)34)28(42)37-23-5-3-4-22(13-23)30(14-20(15-30)7-10-35)29-39-36-18-40(29)2/h3-5,12-13,18-20,25H,6-9,11,14-17H2,1-2H3,(H,37,42)/t19-,20?,25+,30?/m1/s1. The Morgan fingerprint density at radius 2 is 2.07 bits per heavy atom. The number of carbonyl (C=O) groups is 1. The number of carbonyl (C=O) groups excluding carboxylic acids is 1. The summed E-state index contributed by atoms with van der Waals surface area (Å²) in [6.07, 6.45) is 2.96. The lowest BCUT2D eigenvalue weighted by Gasteiger charge is -2.46. The molecule has 11 heteroatoms. The number of nitrogens with one attached hydrogen (secondary N) is 1. The van der Waals surface area contributed by atoms with E-state index < -0.39 is 23.4 Å². The van der Waals surface area contributed by atoms with Crippen LogP contribution in [-0.4, -0.2) is 49.8 Å². The third-order valence-corrected chi connectivity index (χ3v) is 9.23. The second kappa shape index (κ2) is 10.8. The highest BCUT2D eigenvalue weighted by atomic mass is 19.3. The van der Waals surface area contributed by atoms with Gasteiger partial charge in [0.25, 0.3) is 11.8 Å². The first-order valence-electron chi connectivity index (χ1n) is 14.5. The van der Waals surface area contributed by atoms with Crippen molar-refractivity contribution in [1.29, 1.82) is 5.26 Å². The fourth-order valence-electron chi connectivity index (χ4n) is 7.00. The number of piperidine rings is 1. The van der Waals surface area contributed by atoms with Gasteiger partial charge in [-0.3, -0.25) is 9.69 Å². The van der Waals surface area contributed by atoms with E-state index in [2.05, 4.69) is 31.5 Å². The molecule has 2 aliphatic carbocycles. The smallest absolute Gasteiger partial charge is 0.290 e. The second-order valence-electron chi connectivity index (χ2n) is 12.2. The molecule has 3 heterocycles. The van der Waals surface area contributed by atoms with Gasteiger partial charge in [-0.05, 0) is 66.5 Å². The molecule has 0 spiro atoms. The van der Waals surface area contributed by atoms with Crippen molar-refractivity contribution in [3.05, 3.63) is 70.6 Å². The third kappa shape index (κ3) is 5.06. The normalized spacial score (nSPS) is 26.7. The van der Waals surface area contributed by atoms with E-state index in [1.165, 1.54) is 0 Å². The van der Waals surface area contributed by atoms with Gasteiger partial charge in [0.15, 0.2) is 0 Å². The lowest BCUT2D eigenvalue weighted by molar-refractivity contribution is -0.00603. The third-order valence-electron chi connectivity index (χ3n) is 9.23. The Bertz CT molecular complexity index is 1540. The van der Waals surface area contributed by atoms with E-state index in [1.54, 1.807) is 18.5 Å². The monoisotopic (exact) mass is 577 g/mol. The number of alkyl halides is 3. The van der Waals surface area contributed by atoms with Crippen molar-refractivity contribution in [1.82, 2.24) is 24.6 Å². The minimum Gasteiger partial charge on any atom is -0.321 e. The van der Waals surface area contributed by atoms with Crippen LogP contribution in [0.2, 0.25) is 0 Å². The van der Waals surface area contributed by atoms with Crippen LogP contribution in [0.3, 0.4) is 0 Å². The molecular weight excluding hydrogens is 543 g/mol. The Kier molecular flexibility index (Phi) is 7.29. The molecule has 1 N–H and O–H groups in total. The molecule has 6 rings (SSSR count). The lowest BCUT2D eigenvalue weighted by Crippen LogP contribution is -2.44. The van der Waals surface area contributed by atoms with Crippen molar-refractivity contribution in [3.63, 3.8) is 0 Å². The first kappa shape index (κ1) is 28.3. The summed E-state index contributed by atoms with van der Waals surface area (Å²) >= 11 is 0. The number of halogens is 3. The first-order valence-corrected chi connectivity index (χ1v) is 14.5. The Hall–Kier alpha value is -3.78. The fraction of sp³-hybridized carbons (Fsp3) is 0.516. The van der Waals surface area contributed by atoms with Crippen LogP contribution in [0.25, 0.3) is 0 Å². The number of hydrogen-bond acceptors (Lipinski definition) is 6. The van der Waals surface area contributed by atoms with Crippen molar-refractivity contribution >= 4 is 11.6 Å². The van der Waals surface area contributed by atoms with Crippen LogP contribution in [-0.2, 0) is 31.4 Å². The van der Waals surface area contributed by atoms with Crippen LogP contribution < -0.4 is 5.32 Å². The highest BCUT2D eigenvalue weighted by Crippen LogP contribution is 2.53. The number of fused-ring (bicyclic) bond motifs is 1. The molecule has 3 aromatic rings. The number of nitrogens with zero attached hydrogens (tertiary/aromatic N) is 6. The minimum absolute atomic E-state index is 0.0649. The van der Waals surface area contributed by atoms with Crippen LogP contribution in [0.1, 0.15) is 77.7 Å². The van der Waals surface area contributed by atoms with Gasteiger partial charge < -0.3 is 9.88 Å². The summed E-state index contributed by atoms with van der Waals surface area (Å²) in [5.74, 6) is -2.79. The molecule has 1 amide bonds. The molecule has 2 aromatic heterocycles. The summed E-state index contributed by atoms with van der Waals surface area (Å²) in [6.45, 7) is 3.30. The zero-order valence-electron chi connectivity index (χ0n) is 23.8. The van der Waals surface area contributed by atoms with E-state index in [0.717, 1.165) is 24.2 Å². The van der Waals surface area contributed by atoms with Crippen LogP contribution in [0.15, 0.2) is 36.7 Å². The number of rotatable bonds is 7. The minimum atomic E-state index is -3.10. The predicted molar refractivity (Wildman–Crippen MR) is 150 cm³/mol.